The van der Waals surface area contributed by atoms with E-state index in [1.54, 1.807) is 0 Å². The van der Waals surface area contributed by atoms with Crippen molar-refractivity contribution in [2.75, 3.05) is 0 Å². The first-order valence-electron chi connectivity index (χ1n) is 19.9. The van der Waals surface area contributed by atoms with Crippen LogP contribution < -0.4 is 0 Å². The lowest BCUT2D eigenvalue weighted by molar-refractivity contribution is 0.669. The van der Waals surface area contributed by atoms with Gasteiger partial charge < -0.3 is 8.98 Å². The minimum Gasteiger partial charge on any atom is -0.455 e. The maximum Gasteiger partial charge on any atom is 0.238 e. The van der Waals surface area contributed by atoms with Gasteiger partial charge in [0.2, 0.25) is 5.95 Å². The van der Waals surface area contributed by atoms with Crippen molar-refractivity contribution in [3.8, 4) is 34.4 Å². The standard InChI is InChI=1S/C53H31N5O/c1-2-14-33-29-36(26-25-32(33)13-1)51-54-52(56-53(55-51)58-44-22-10-5-17-37(44)38-18-6-11-23-45(38)58)41-27-28-46(49-40-20-8-12-24-48(40)59-50(41)49)57-43-21-9-7-19-39(43)42-30-34-15-3-4-16-35(34)31-47(42)57/h1-31H. The lowest BCUT2D eigenvalue weighted by Crippen LogP contribution is -2.06. The highest BCUT2D eigenvalue weighted by molar-refractivity contribution is 6.18. The van der Waals surface area contributed by atoms with Gasteiger partial charge in [0, 0.05) is 32.5 Å². The first-order valence-corrected chi connectivity index (χ1v) is 19.9. The summed E-state index contributed by atoms with van der Waals surface area (Å²) < 4.78 is 11.5. The average molecular weight is 754 g/mol. The fraction of sp³-hybridized carbons (Fsp3) is 0. The molecule has 6 heteroatoms. The summed E-state index contributed by atoms with van der Waals surface area (Å²) in [6.07, 6.45) is 0. The zero-order chi connectivity index (χ0) is 38.6. The van der Waals surface area contributed by atoms with Crippen LogP contribution >= 0.6 is 0 Å². The van der Waals surface area contributed by atoms with E-state index in [2.05, 4.69) is 185 Å². The van der Waals surface area contributed by atoms with Crippen LogP contribution in [-0.2, 0) is 0 Å². The SMILES string of the molecule is c1ccc2cc(-c3nc(-c4ccc(-n5c6ccccc6c6cc7ccccc7cc65)c5c4oc4ccccc45)nc(-n4c5ccccc5c5ccccc54)n3)ccc2c1. The van der Waals surface area contributed by atoms with Crippen molar-refractivity contribution in [2.24, 2.45) is 0 Å². The van der Waals surface area contributed by atoms with Crippen molar-refractivity contribution in [1.82, 2.24) is 24.1 Å². The molecule has 0 saturated carbocycles. The molecule has 0 fully saturated rings. The van der Waals surface area contributed by atoms with Crippen LogP contribution in [0.4, 0.5) is 0 Å². The lowest BCUT2D eigenvalue weighted by atomic mass is 10.0. The number of furan rings is 1. The number of hydrogen-bond donors (Lipinski definition) is 0. The zero-order valence-electron chi connectivity index (χ0n) is 31.5. The number of para-hydroxylation sites is 4. The highest BCUT2D eigenvalue weighted by Crippen LogP contribution is 2.43. The Balaban J connectivity index is 1.12. The molecule has 0 atom stereocenters. The minimum absolute atomic E-state index is 0.531. The Morgan fingerprint density at radius 2 is 0.932 bits per heavy atom. The summed E-state index contributed by atoms with van der Waals surface area (Å²) in [5.74, 6) is 1.65. The first-order chi connectivity index (χ1) is 29.2. The third-order valence-corrected chi connectivity index (χ3v) is 11.9. The van der Waals surface area contributed by atoms with Gasteiger partial charge in [-0.15, -0.1) is 0 Å². The van der Waals surface area contributed by atoms with Gasteiger partial charge >= 0.3 is 0 Å². The molecule has 0 saturated heterocycles. The molecule has 0 aliphatic rings. The second-order valence-electron chi connectivity index (χ2n) is 15.2. The van der Waals surface area contributed by atoms with Crippen molar-refractivity contribution in [1.29, 1.82) is 0 Å². The van der Waals surface area contributed by atoms with Crippen LogP contribution in [0.5, 0.6) is 0 Å². The monoisotopic (exact) mass is 753 g/mol. The van der Waals surface area contributed by atoms with E-state index in [1.807, 2.05) is 12.1 Å². The Hall–Kier alpha value is -8.09. The second kappa shape index (κ2) is 12.2. The molecule has 13 aromatic rings. The normalized spacial score (nSPS) is 12.1. The van der Waals surface area contributed by atoms with Crippen LogP contribution in [0.25, 0.3) is 122 Å². The lowest BCUT2D eigenvalue weighted by Gasteiger charge is -2.14. The van der Waals surface area contributed by atoms with Gasteiger partial charge in [0.15, 0.2) is 11.6 Å². The Bertz CT molecular complexity index is 3820. The van der Waals surface area contributed by atoms with E-state index in [-0.39, 0.29) is 0 Å². The molecule has 0 spiro atoms. The summed E-state index contributed by atoms with van der Waals surface area (Å²) >= 11 is 0. The fourth-order valence-corrected chi connectivity index (χ4v) is 9.27. The molecule has 0 radical (unpaired) electrons. The number of rotatable bonds is 4. The molecule has 6 nitrogen and oxygen atoms in total. The van der Waals surface area contributed by atoms with Crippen LogP contribution in [0.2, 0.25) is 0 Å². The summed E-state index contributed by atoms with van der Waals surface area (Å²) in [5, 5.41) is 11.4. The molecule has 0 aliphatic heterocycles. The summed E-state index contributed by atoms with van der Waals surface area (Å²) in [4.78, 5) is 15.9. The summed E-state index contributed by atoms with van der Waals surface area (Å²) in [5.41, 5.74) is 8.56. The second-order valence-corrected chi connectivity index (χ2v) is 15.2. The van der Waals surface area contributed by atoms with Crippen LogP contribution in [0, 0.1) is 0 Å². The molecule has 0 amide bonds. The van der Waals surface area contributed by atoms with Crippen LogP contribution in [-0.4, -0.2) is 24.1 Å². The maximum atomic E-state index is 6.92. The molecular formula is C53H31N5O. The molecule has 59 heavy (non-hydrogen) atoms. The Morgan fingerprint density at radius 1 is 0.373 bits per heavy atom. The molecule has 13 rings (SSSR count). The number of nitrogens with zero attached hydrogens (tertiary/aromatic N) is 5. The van der Waals surface area contributed by atoms with Crippen molar-refractivity contribution < 1.29 is 4.42 Å². The van der Waals surface area contributed by atoms with Crippen LogP contribution in [0.1, 0.15) is 0 Å². The van der Waals surface area contributed by atoms with Gasteiger partial charge in [-0.05, 0) is 76.1 Å². The summed E-state index contributed by atoms with van der Waals surface area (Å²) in [6, 6.07) is 66.2. The predicted octanol–water partition coefficient (Wildman–Crippen LogP) is 13.6. The first kappa shape index (κ1) is 32.0. The Labute approximate surface area is 336 Å². The van der Waals surface area contributed by atoms with Gasteiger partial charge in [0.05, 0.1) is 38.7 Å². The van der Waals surface area contributed by atoms with Gasteiger partial charge in [0.25, 0.3) is 0 Å². The molecule has 0 unspecified atom stereocenters. The third kappa shape index (κ3) is 4.71. The fourth-order valence-electron chi connectivity index (χ4n) is 9.27. The highest BCUT2D eigenvalue weighted by atomic mass is 16.3. The summed E-state index contributed by atoms with van der Waals surface area (Å²) in [7, 11) is 0. The molecule has 4 heterocycles. The van der Waals surface area contributed by atoms with Crippen molar-refractivity contribution in [3.63, 3.8) is 0 Å². The summed E-state index contributed by atoms with van der Waals surface area (Å²) in [6.45, 7) is 0. The minimum atomic E-state index is 0.531. The molecule has 274 valence electrons. The molecule has 0 N–H and O–H groups in total. The molecular weight excluding hydrogens is 723 g/mol. The van der Waals surface area contributed by atoms with Gasteiger partial charge in [-0.25, -0.2) is 4.98 Å². The van der Waals surface area contributed by atoms with E-state index >= 15 is 0 Å². The smallest absolute Gasteiger partial charge is 0.238 e. The quantitative estimate of drug-likeness (QED) is 0.180. The zero-order valence-corrected chi connectivity index (χ0v) is 31.5. The van der Waals surface area contributed by atoms with Crippen molar-refractivity contribution in [2.45, 2.75) is 0 Å². The number of hydrogen-bond acceptors (Lipinski definition) is 4. The maximum absolute atomic E-state index is 6.92. The van der Waals surface area contributed by atoms with Crippen molar-refractivity contribution in [3.05, 3.63) is 188 Å². The predicted molar refractivity (Wildman–Crippen MR) is 242 cm³/mol. The van der Waals surface area contributed by atoms with Crippen molar-refractivity contribution >= 4 is 87.1 Å². The largest absolute Gasteiger partial charge is 0.455 e. The Morgan fingerprint density at radius 3 is 1.66 bits per heavy atom. The molecule has 0 bridgehead atoms. The molecule has 4 aromatic heterocycles. The number of aromatic nitrogens is 5. The molecule has 9 aromatic carbocycles. The average Bonchev–Trinajstić information content (AvgIpc) is 3.96. The number of fused-ring (bicyclic) bond motifs is 11. The van der Waals surface area contributed by atoms with Gasteiger partial charge in [0.1, 0.15) is 11.2 Å². The topological polar surface area (TPSA) is 61.7 Å². The van der Waals surface area contributed by atoms with E-state index in [0.717, 1.165) is 82.4 Å². The van der Waals surface area contributed by atoms with E-state index < -0.39 is 0 Å². The van der Waals surface area contributed by atoms with Gasteiger partial charge in [-0.3, -0.25) is 4.57 Å². The third-order valence-electron chi connectivity index (χ3n) is 11.9. The van der Waals surface area contributed by atoms with Crippen LogP contribution in [0.15, 0.2) is 192 Å². The van der Waals surface area contributed by atoms with Crippen LogP contribution in [0.3, 0.4) is 0 Å². The molecule has 0 aliphatic carbocycles. The Kier molecular flexibility index (Phi) is 6.63. The van der Waals surface area contributed by atoms with Gasteiger partial charge in [-0.1, -0.05) is 133 Å². The van der Waals surface area contributed by atoms with E-state index in [1.165, 1.54) is 21.5 Å². The highest BCUT2D eigenvalue weighted by Gasteiger charge is 2.24. The van der Waals surface area contributed by atoms with E-state index in [4.69, 9.17) is 19.4 Å². The van der Waals surface area contributed by atoms with Gasteiger partial charge in [-0.2, -0.15) is 9.97 Å². The van der Waals surface area contributed by atoms with E-state index in [0.29, 0.717) is 17.6 Å². The van der Waals surface area contributed by atoms with E-state index in [9.17, 15) is 0 Å². The number of benzene rings is 9.